The predicted molar refractivity (Wildman–Crippen MR) is 96.4 cm³/mol. The van der Waals surface area contributed by atoms with Gasteiger partial charge in [0.05, 0.1) is 14.2 Å². The van der Waals surface area contributed by atoms with Crippen molar-refractivity contribution in [1.82, 2.24) is 5.32 Å². The van der Waals surface area contributed by atoms with Crippen molar-refractivity contribution in [1.29, 1.82) is 0 Å². The fraction of sp³-hybridized carbons (Fsp3) is 0.294. The van der Waals surface area contributed by atoms with Gasteiger partial charge in [-0.15, -0.1) is 0 Å². The highest BCUT2D eigenvalue weighted by atomic mass is 35.5. The highest BCUT2D eigenvalue weighted by Gasteiger charge is 2.11. The Morgan fingerprint density at radius 3 is 2.35 bits per heavy atom. The SMILES string of the molecule is COc1cc(Cl)cc(CNCCc2ccc(Cl)cc2Cl)c1OC. The molecule has 0 aromatic heterocycles. The molecular formula is C17H18Cl3NO2. The van der Waals surface area contributed by atoms with Crippen LogP contribution in [0, 0.1) is 0 Å². The van der Waals surface area contributed by atoms with Gasteiger partial charge in [-0.25, -0.2) is 0 Å². The molecule has 0 spiro atoms. The number of nitrogens with one attached hydrogen (secondary N) is 1. The van der Waals surface area contributed by atoms with Gasteiger partial charge >= 0.3 is 0 Å². The zero-order valence-corrected chi connectivity index (χ0v) is 15.2. The zero-order valence-electron chi connectivity index (χ0n) is 13.0. The first-order valence-electron chi connectivity index (χ1n) is 7.10. The van der Waals surface area contributed by atoms with Crippen molar-refractivity contribution < 1.29 is 9.47 Å². The van der Waals surface area contributed by atoms with Crippen molar-refractivity contribution in [2.24, 2.45) is 0 Å². The molecule has 0 aliphatic rings. The summed E-state index contributed by atoms with van der Waals surface area (Å²) in [6.45, 7) is 1.38. The topological polar surface area (TPSA) is 30.5 Å². The van der Waals surface area contributed by atoms with Crippen molar-refractivity contribution in [2.75, 3.05) is 20.8 Å². The lowest BCUT2D eigenvalue weighted by Gasteiger charge is -2.14. The summed E-state index contributed by atoms with van der Waals surface area (Å²) in [5.41, 5.74) is 2.00. The number of hydrogen-bond donors (Lipinski definition) is 1. The fourth-order valence-corrected chi connectivity index (χ4v) is 3.04. The van der Waals surface area contributed by atoms with E-state index in [0.717, 1.165) is 24.1 Å². The Hall–Kier alpha value is -1.13. The maximum Gasteiger partial charge on any atom is 0.165 e. The van der Waals surface area contributed by atoms with Crippen LogP contribution < -0.4 is 14.8 Å². The van der Waals surface area contributed by atoms with Crippen LogP contribution in [-0.4, -0.2) is 20.8 Å². The molecule has 2 rings (SSSR count). The van der Waals surface area contributed by atoms with Crippen LogP contribution in [0.4, 0.5) is 0 Å². The van der Waals surface area contributed by atoms with Crippen LogP contribution in [-0.2, 0) is 13.0 Å². The van der Waals surface area contributed by atoms with Gasteiger partial charge in [0.25, 0.3) is 0 Å². The summed E-state index contributed by atoms with van der Waals surface area (Å²) in [7, 11) is 3.21. The largest absolute Gasteiger partial charge is 0.493 e. The minimum atomic E-state index is 0.611. The van der Waals surface area contributed by atoms with E-state index in [1.165, 1.54) is 0 Å². The zero-order chi connectivity index (χ0) is 16.8. The molecule has 0 amide bonds. The van der Waals surface area contributed by atoms with Crippen molar-refractivity contribution in [2.45, 2.75) is 13.0 Å². The summed E-state index contributed by atoms with van der Waals surface area (Å²) in [5.74, 6) is 1.31. The molecule has 0 fully saturated rings. The third-order valence-electron chi connectivity index (χ3n) is 3.42. The van der Waals surface area contributed by atoms with E-state index in [1.54, 1.807) is 26.4 Å². The first-order chi connectivity index (χ1) is 11.0. The second-order valence-electron chi connectivity index (χ2n) is 4.96. The van der Waals surface area contributed by atoms with Gasteiger partial charge in [-0.2, -0.15) is 0 Å². The highest BCUT2D eigenvalue weighted by molar-refractivity contribution is 6.35. The van der Waals surface area contributed by atoms with E-state index < -0.39 is 0 Å². The van der Waals surface area contributed by atoms with Crippen LogP contribution in [0.2, 0.25) is 15.1 Å². The summed E-state index contributed by atoms with van der Waals surface area (Å²) in [6, 6.07) is 9.13. The molecule has 0 unspecified atom stereocenters. The number of benzene rings is 2. The number of methoxy groups -OCH3 is 2. The Bertz CT molecular complexity index is 677. The molecule has 0 radical (unpaired) electrons. The van der Waals surface area contributed by atoms with E-state index in [-0.39, 0.29) is 0 Å². The van der Waals surface area contributed by atoms with Gasteiger partial charge in [0.15, 0.2) is 11.5 Å². The molecule has 2 aromatic carbocycles. The van der Waals surface area contributed by atoms with E-state index in [2.05, 4.69) is 5.32 Å². The molecule has 0 aliphatic carbocycles. The van der Waals surface area contributed by atoms with Gasteiger partial charge in [-0.05, 0) is 36.7 Å². The fourth-order valence-electron chi connectivity index (χ4n) is 2.31. The van der Waals surface area contributed by atoms with Crippen molar-refractivity contribution in [3.05, 3.63) is 56.5 Å². The Morgan fingerprint density at radius 2 is 1.70 bits per heavy atom. The Labute approximate surface area is 151 Å². The van der Waals surface area contributed by atoms with Crippen molar-refractivity contribution in [3.8, 4) is 11.5 Å². The summed E-state index contributed by atoms with van der Waals surface area (Å²) >= 11 is 18.2. The van der Waals surface area contributed by atoms with Gasteiger partial charge in [-0.1, -0.05) is 40.9 Å². The van der Waals surface area contributed by atoms with Crippen LogP contribution >= 0.6 is 34.8 Å². The summed E-state index contributed by atoms with van der Waals surface area (Å²) in [4.78, 5) is 0. The molecule has 0 bridgehead atoms. The van der Waals surface area contributed by atoms with Crippen LogP contribution in [0.1, 0.15) is 11.1 Å². The van der Waals surface area contributed by atoms with Gasteiger partial charge in [0.2, 0.25) is 0 Å². The lowest BCUT2D eigenvalue weighted by molar-refractivity contribution is 0.351. The van der Waals surface area contributed by atoms with Crippen molar-refractivity contribution >= 4 is 34.8 Å². The minimum Gasteiger partial charge on any atom is -0.493 e. The first kappa shape index (κ1) is 18.2. The molecule has 0 heterocycles. The van der Waals surface area contributed by atoms with Crippen LogP contribution in [0.25, 0.3) is 0 Å². The lowest BCUT2D eigenvalue weighted by Crippen LogP contribution is -2.17. The molecule has 0 saturated carbocycles. The molecule has 0 saturated heterocycles. The monoisotopic (exact) mass is 373 g/mol. The average Bonchev–Trinajstić information content (AvgIpc) is 2.52. The lowest BCUT2D eigenvalue weighted by atomic mass is 10.1. The number of halogens is 3. The maximum absolute atomic E-state index is 6.17. The molecule has 3 nitrogen and oxygen atoms in total. The molecule has 23 heavy (non-hydrogen) atoms. The van der Waals surface area contributed by atoms with E-state index in [0.29, 0.717) is 33.1 Å². The Kier molecular flexibility index (Phi) is 6.85. The van der Waals surface area contributed by atoms with Gasteiger partial charge in [0, 0.05) is 33.2 Å². The second-order valence-corrected chi connectivity index (χ2v) is 6.24. The van der Waals surface area contributed by atoms with E-state index in [1.807, 2.05) is 18.2 Å². The first-order valence-corrected chi connectivity index (χ1v) is 8.23. The second kappa shape index (κ2) is 8.65. The number of ether oxygens (including phenoxy) is 2. The molecule has 0 aliphatic heterocycles. The molecule has 0 atom stereocenters. The smallest absolute Gasteiger partial charge is 0.165 e. The molecule has 2 aromatic rings. The summed E-state index contributed by atoms with van der Waals surface area (Å²) in [6.07, 6.45) is 0.802. The molecular weight excluding hydrogens is 357 g/mol. The Balaban J connectivity index is 1.97. The third kappa shape index (κ3) is 4.92. The number of rotatable bonds is 7. The van der Waals surface area contributed by atoms with Crippen LogP contribution in [0.5, 0.6) is 11.5 Å². The standard InChI is InChI=1S/C17H18Cl3NO2/c1-22-16-9-14(19)7-12(17(16)23-2)10-21-6-5-11-3-4-13(18)8-15(11)20/h3-4,7-9,21H,5-6,10H2,1-2H3. The molecule has 1 N–H and O–H groups in total. The van der Waals surface area contributed by atoms with Crippen LogP contribution in [0.3, 0.4) is 0 Å². The van der Waals surface area contributed by atoms with Crippen molar-refractivity contribution in [3.63, 3.8) is 0 Å². The third-order valence-corrected chi connectivity index (χ3v) is 4.23. The minimum absolute atomic E-state index is 0.611. The maximum atomic E-state index is 6.17. The highest BCUT2D eigenvalue weighted by Crippen LogP contribution is 2.34. The van der Waals surface area contributed by atoms with E-state index in [4.69, 9.17) is 44.3 Å². The van der Waals surface area contributed by atoms with E-state index >= 15 is 0 Å². The molecule has 6 heteroatoms. The number of hydrogen-bond acceptors (Lipinski definition) is 3. The predicted octanol–water partition coefficient (Wildman–Crippen LogP) is 5.00. The van der Waals surface area contributed by atoms with E-state index in [9.17, 15) is 0 Å². The van der Waals surface area contributed by atoms with Gasteiger partial charge in [0.1, 0.15) is 0 Å². The van der Waals surface area contributed by atoms with Crippen LogP contribution in [0.15, 0.2) is 30.3 Å². The average molecular weight is 375 g/mol. The Morgan fingerprint density at radius 1 is 0.913 bits per heavy atom. The quantitative estimate of drug-likeness (QED) is 0.692. The summed E-state index contributed by atoms with van der Waals surface area (Å²) < 4.78 is 10.7. The summed E-state index contributed by atoms with van der Waals surface area (Å²) in [5, 5.41) is 5.29. The van der Waals surface area contributed by atoms with Gasteiger partial charge in [-0.3, -0.25) is 0 Å². The van der Waals surface area contributed by atoms with Gasteiger partial charge < -0.3 is 14.8 Å². The molecule has 124 valence electrons. The normalized spacial score (nSPS) is 10.7.